The molecule has 0 fully saturated rings. The highest BCUT2D eigenvalue weighted by Gasteiger charge is 2.17. The lowest BCUT2D eigenvalue weighted by Crippen LogP contribution is -2.37. The molecule has 0 spiro atoms. The van der Waals surface area contributed by atoms with Gasteiger partial charge in [-0.15, -0.1) is 0 Å². The Balaban J connectivity index is 1.71. The number of H-pyrrole nitrogens is 1. The molecule has 0 aliphatic rings. The van der Waals surface area contributed by atoms with Gasteiger partial charge in [-0.2, -0.15) is 0 Å². The molecule has 31 heavy (non-hydrogen) atoms. The van der Waals surface area contributed by atoms with Crippen LogP contribution < -0.4 is 27.4 Å². The van der Waals surface area contributed by atoms with E-state index in [1.165, 1.54) is 15.0 Å². The van der Waals surface area contributed by atoms with Crippen LogP contribution in [0.2, 0.25) is 0 Å². The van der Waals surface area contributed by atoms with Gasteiger partial charge >= 0.3 is 5.69 Å². The van der Waals surface area contributed by atoms with Crippen LogP contribution >= 0.6 is 0 Å². The Morgan fingerprint density at radius 1 is 1.10 bits per heavy atom. The number of nitrogen functional groups attached to an aromatic ring is 1. The van der Waals surface area contributed by atoms with Gasteiger partial charge in [-0.1, -0.05) is 36.4 Å². The summed E-state index contributed by atoms with van der Waals surface area (Å²) in [6.45, 7) is 2.28. The maximum absolute atomic E-state index is 12.5. The monoisotopic (exact) mass is 418 g/mol. The molecule has 0 bridgehead atoms. The lowest BCUT2D eigenvalue weighted by molar-refractivity contribution is 0.724. The number of nitrogens with zero attached hydrogens (tertiary/aromatic N) is 4. The second-order valence-electron chi connectivity index (χ2n) is 7.44. The minimum atomic E-state index is -0.595. The van der Waals surface area contributed by atoms with Crippen LogP contribution in [0.3, 0.4) is 0 Å². The van der Waals surface area contributed by atoms with E-state index in [1.54, 1.807) is 24.2 Å². The van der Waals surface area contributed by atoms with Crippen LogP contribution in [0.1, 0.15) is 16.8 Å². The van der Waals surface area contributed by atoms with Crippen molar-refractivity contribution in [3.05, 3.63) is 103 Å². The third-order valence-corrected chi connectivity index (χ3v) is 5.04. The third kappa shape index (κ3) is 3.97. The minimum absolute atomic E-state index is 0.0493. The molecule has 0 amide bonds. The summed E-state index contributed by atoms with van der Waals surface area (Å²) < 4.78 is 2.79. The Bertz CT molecular complexity index is 1440. The van der Waals surface area contributed by atoms with Gasteiger partial charge in [-0.25, -0.2) is 9.78 Å². The van der Waals surface area contributed by atoms with E-state index < -0.39 is 11.2 Å². The minimum Gasteiger partial charge on any atom is -0.383 e. The molecule has 4 rings (SSSR count). The van der Waals surface area contributed by atoms with Gasteiger partial charge < -0.3 is 10.6 Å². The maximum atomic E-state index is 12.5. The number of pyridine rings is 1. The van der Waals surface area contributed by atoms with Crippen LogP contribution in [0.15, 0.2) is 69.1 Å². The Hall–Kier alpha value is -4.14. The molecule has 0 saturated heterocycles. The first-order valence-electron chi connectivity index (χ1n) is 9.70. The normalized spacial score (nSPS) is 11.0. The Kier molecular flexibility index (Phi) is 5.16. The van der Waals surface area contributed by atoms with Crippen LogP contribution in [0.5, 0.6) is 0 Å². The summed E-state index contributed by atoms with van der Waals surface area (Å²) in [6, 6.07) is 14.4. The van der Waals surface area contributed by atoms with Crippen molar-refractivity contribution in [2.75, 3.05) is 17.7 Å². The van der Waals surface area contributed by atoms with E-state index in [9.17, 15) is 14.4 Å². The highest BCUT2D eigenvalue weighted by molar-refractivity contribution is 5.62. The van der Waals surface area contributed by atoms with Crippen LogP contribution in [-0.4, -0.2) is 26.0 Å². The van der Waals surface area contributed by atoms with Crippen LogP contribution in [0, 0.1) is 6.92 Å². The van der Waals surface area contributed by atoms with Gasteiger partial charge in [-0.3, -0.25) is 23.5 Å². The van der Waals surface area contributed by atoms with E-state index >= 15 is 0 Å². The van der Waals surface area contributed by atoms with Crippen molar-refractivity contribution in [3.8, 4) is 0 Å². The summed E-state index contributed by atoms with van der Waals surface area (Å²) in [4.78, 5) is 45.8. The largest absolute Gasteiger partial charge is 0.383 e. The highest BCUT2D eigenvalue weighted by atomic mass is 16.2. The number of aromatic amines is 1. The van der Waals surface area contributed by atoms with Crippen molar-refractivity contribution >= 4 is 17.2 Å². The number of fused-ring (bicyclic) bond motifs is 1. The van der Waals surface area contributed by atoms with Crippen LogP contribution in [-0.2, 0) is 13.1 Å². The number of benzene rings is 1. The number of nitrogens with two attached hydrogens (primary N) is 1. The van der Waals surface area contributed by atoms with E-state index in [0.29, 0.717) is 11.3 Å². The molecule has 1 aromatic carbocycles. The van der Waals surface area contributed by atoms with E-state index in [0.717, 1.165) is 11.1 Å². The topological polar surface area (TPSA) is 118 Å². The van der Waals surface area contributed by atoms with E-state index in [1.807, 2.05) is 43.3 Å². The van der Waals surface area contributed by atoms with Crippen molar-refractivity contribution in [2.24, 2.45) is 0 Å². The summed E-state index contributed by atoms with van der Waals surface area (Å²) in [5, 5.41) is 0. The van der Waals surface area contributed by atoms with E-state index in [4.69, 9.17) is 5.73 Å². The molecule has 3 aromatic heterocycles. The molecule has 9 heteroatoms. The molecule has 158 valence electrons. The van der Waals surface area contributed by atoms with Crippen molar-refractivity contribution < 1.29 is 0 Å². The van der Waals surface area contributed by atoms with Gasteiger partial charge in [0.15, 0.2) is 0 Å². The molecular weight excluding hydrogens is 396 g/mol. The number of aromatic nitrogens is 4. The standard InChI is InChI=1S/C22H22N6O3/c1-14-8-9-17-24-16(10-18(29)27(17)11-14)13-26(2)19-20(23)28(22(31)25-21(19)30)12-15-6-4-3-5-7-15/h3-11H,12-13,23H2,1-2H3,(H,25,30,31). The van der Waals surface area contributed by atoms with E-state index in [-0.39, 0.29) is 30.2 Å². The zero-order valence-electron chi connectivity index (χ0n) is 17.2. The lowest BCUT2D eigenvalue weighted by atomic mass is 10.2. The number of rotatable bonds is 5. The number of anilines is 2. The summed E-state index contributed by atoms with van der Waals surface area (Å²) >= 11 is 0. The molecule has 3 heterocycles. The Morgan fingerprint density at radius 2 is 1.84 bits per heavy atom. The van der Waals surface area contributed by atoms with Gasteiger partial charge in [-0.05, 0) is 24.1 Å². The van der Waals surface area contributed by atoms with E-state index in [2.05, 4.69) is 9.97 Å². The molecule has 0 saturated carbocycles. The number of hydrogen-bond acceptors (Lipinski definition) is 6. The number of nitrogens with one attached hydrogen (secondary N) is 1. The van der Waals surface area contributed by atoms with Crippen molar-refractivity contribution in [3.63, 3.8) is 0 Å². The molecule has 9 nitrogen and oxygen atoms in total. The summed E-state index contributed by atoms with van der Waals surface area (Å²) in [5.74, 6) is 0.0493. The summed E-state index contributed by atoms with van der Waals surface area (Å²) in [7, 11) is 1.66. The molecule has 0 unspecified atom stereocenters. The van der Waals surface area contributed by atoms with Gasteiger partial charge in [0.05, 0.1) is 18.8 Å². The van der Waals surface area contributed by atoms with Crippen LogP contribution in [0.25, 0.3) is 5.65 Å². The van der Waals surface area contributed by atoms with Gasteiger partial charge in [0, 0.05) is 19.3 Å². The molecule has 0 aliphatic heterocycles. The summed E-state index contributed by atoms with van der Waals surface area (Å²) in [5.41, 5.74) is 7.80. The molecule has 4 aromatic rings. The molecule has 3 N–H and O–H groups in total. The average molecular weight is 418 g/mol. The third-order valence-electron chi connectivity index (χ3n) is 5.04. The molecule has 0 aliphatic carbocycles. The zero-order valence-corrected chi connectivity index (χ0v) is 17.2. The van der Waals surface area contributed by atoms with Crippen molar-refractivity contribution in [1.29, 1.82) is 0 Å². The quantitative estimate of drug-likeness (QED) is 0.501. The van der Waals surface area contributed by atoms with Gasteiger partial charge in [0.2, 0.25) is 0 Å². The first-order valence-corrected chi connectivity index (χ1v) is 9.70. The molecule has 0 radical (unpaired) electrons. The zero-order chi connectivity index (χ0) is 22.1. The predicted molar refractivity (Wildman–Crippen MR) is 120 cm³/mol. The lowest BCUT2D eigenvalue weighted by Gasteiger charge is -2.21. The second kappa shape index (κ2) is 7.94. The SMILES string of the molecule is Cc1ccc2nc(CN(C)c3c(N)n(Cc4ccccc4)c(=O)[nH]c3=O)cc(=O)n2c1. The number of hydrogen-bond donors (Lipinski definition) is 2. The Morgan fingerprint density at radius 3 is 2.58 bits per heavy atom. The predicted octanol–water partition coefficient (Wildman–Crippen LogP) is 1.12. The summed E-state index contributed by atoms with van der Waals surface area (Å²) in [6.07, 6.45) is 1.72. The van der Waals surface area contributed by atoms with Crippen molar-refractivity contribution in [1.82, 2.24) is 18.9 Å². The average Bonchev–Trinajstić information content (AvgIpc) is 2.72. The van der Waals surface area contributed by atoms with Gasteiger partial charge in [0.25, 0.3) is 11.1 Å². The maximum Gasteiger partial charge on any atom is 0.330 e. The Labute approximate surface area is 177 Å². The van der Waals surface area contributed by atoms with Crippen LogP contribution in [0.4, 0.5) is 11.5 Å². The first-order chi connectivity index (χ1) is 14.8. The fourth-order valence-electron chi connectivity index (χ4n) is 3.53. The highest BCUT2D eigenvalue weighted by Crippen LogP contribution is 2.18. The van der Waals surface area contributed by atoms with Crippen molar-refractivity contribution in [2.45, 2.75) is 20.0 Å². The molecule has 0 atom stereocenters. The fraction of sp³-hybridized carbons (Fsp3) is 0.182. The fourth-order valence-corrected chi connectivity index (χ4v) is 3.53. The second-order valence-corrected chi connectivity index (χ2v) is 7.44. The smallest absolute Gasteiger partial charge is 0.330 e. The molecular formula is C22H22N6O3. The van der Waals surface area contributed by atoms with Gasteiger partial charge in [0.1, 0.15) is 17.2 Å². The first kappa shape index (κ1) is 20.1. The number of aryl methyl sites for hydroxylation is 1.